The Morgan fingerprint density at radius 2 is 1.29 bits per heavy atom. The Labute approximate surface area is 191 Å². The van der Waals surface area contributed by atoms with Crippen LogP contribution in [0.1, 0.15) is 23.0 Å². The molecule has 0 aliphatic rings. The fourth-order valence-corrected chi connectivity index (χ4v) is 14.7. The molecule has 0 radical (unpaired) electrons. The molecule has 0 fully saturated rings. The van der Waals surface area contributed by atoms with Crippen LogP contribution in [0.25, 0.3) is 0 Å². The van der Waals surface area contributed by atoms with E-state index in [0.717, 1.165) is 10.7 Å². The number of aromatic nitrogens is 2. The van der Waals surface area contributed by atoms with Gasteiger partial charge >= 0.3 is 193 Å². The third-order valence-electron chi connectivity index (χ3n) is 5.38. The van der Waals surface area contributed by atoms with E-state index in [-0.39, 0.29) is 0 Å². The van der Waals surface area contributed by atoms with Crippen molar-refractivity contribution in [2.24, 2.45) is 7.05 Å². The summed E-state index contributed by atoms with van der Waals surface area (Å²) in [5, 5.41) is 4.71. The van der Waals surface area contributed by atoms with Gasteiger partial charge in [0.05, 0.1) is 0 Å². The van der Waals surface area contributed by atoms with Crippen molar-refractivity contribution in [1.82, 2.24) is 9.78 Å². The maximum atomic E-state index is 13.7. The van der Waals surface area contributed by atoms with Gasteiger partial charge in [0.2, 0.25) is 0 Å². The molecule has 6 heteroatoms. The first kappa shape index (κ1) is 21.7. The minimum absolute atomic E-state index is 0.302. The molecule has 3 aromatic carbocycles. The summed E-state index contributed by atoms with van der Waals surface area (Å²) in [6.07, 6.45) is 0.593. The predicted octanol–water partition coefficient (Wildman–Crippen LogP) is 3.46. The molecule has 0 saturated heterocycles. The maximum absolute atomic E-state index is 13.7. The molecule has 0 saturated carbocycles. The monoisotopic (exact) mass is 538 g/mol. The molecule has 0 bridgehead atoms. The fourth-order valence-electron chi connectivity index (χ4n) is 3.89. The van der Waals surface area contributed by atoms with Crippen LogP contribution in [0.3, 0.4) is 0 Å². The van der Waals surface area contributed by atoms with Gasteiger partial charge in [0, 0.05) is 0 Å². The number of benzene rings is 3. The molecule has 4 nitrogen and oxygen atoms in total. The zero-order valence-electron chi connectivity index (χ0n) is 17.5. The van der Waals surface area contributed by atoms with Gasteiger partial charge in [-0.05, 0) is 0 Å². The third kappa shape index (κ3) is 4.02. The number of hydrogen-bond donors (Lipinski definition) is 0. The van der Waals surface area contributed by atoms with Crippen LogP contribution in [-0.4, -0.2) is 34.5 Å². The van der Waals surface area contributed by atoms with E-state index in [9.17, 15) is 4.79 Å². The van der Waals surface area contributed by atoms with E-state index in [2.05, 4.69) is 41.5 Å². The van der Waals surface area contributed by atoms with Gasteiger partial charge in [0.1, 0.15) is 0 Å². The molecule has 0 atom stereocenters. The minimum atomic E-state index is -4.20. The zero-order chi connectivity index (χ0) is 21.8. The Morgan fingerprint density at radius 1 is 0.871 bits per heavy atom. The second kappa shape index (κ2) is 9.28. The van der Waals surface area contributed by atoms with E-state index in [4.69, 9.17) is 14.7 Å². The van der Waals surface area contributed by atoms with Gasteiger partial charge < -0.3 is 0 Å². The number of rotatable bonds is 6. The summed E-state index contributed by atoms with van der Waals surface area (Å²) in [6, 6.07) is 30.3. The SMILES string of the molecule is CCc1nn(C)c(Cl)c1C(=O)[O][Sn]([c]1ccccc1)([c]1ccccc1)[c]1ccccc1. The summed E-state index contributed by atoms with van der Waals surface area (Å²) in [7, 11) is 1.74. The molecular weight excluding hydrogens is 514 g/mol. The van der Waals surface area contributed by atoms with Crippen molar-refractivity contribution in [2.45, 2.75) is 13.3 Å². The Balaban J connectivity index is 1.96. The molecule has 0 N–H and O–H groups in total. The fraction of sp³-hybridized carbons (Fsp3) is 0.120. The van der Waals surface area contributed by atoms with Crippen molar-refractivity contribution in [1.29, 1.82) is 0 Å². The van der Waals surface area contributed by atoms with Crippen LogP contribution in [0.5, 0.6) is 0 Å². The quantitative estimate of drug-likeness (QED) is 0.354. The van der Waals surface area contributed by atoms with Gasteiger partial charge in [-0.2, -0.15) is 0 Å². The van der Waals surface area contributed by atoms with Gasteiger partial charge in [-0.25, -0.2) is 0 Å². The van der Waals surface area contributed by atoms with Crippen molar-refractivity contribution in [3.05, 3.63) is 107 Å². The molecule has 0 amide bonds. The number of nitrogens with zero attached hydrogens (tertiary/aromatic N) is 2. The molecule has 0 spiro atoms. The first-order chi connectivity index (χ1) is 15.1. The summed E-state index contributed by atoms with van der Waals surface area (Å²) < 4.78 is 11.4. The molecule has 1 aromatic heterocycles. The van der Waals surface area contributed by atoms with Crippen LogP contribution in [0, 0.1) is 0 Å². The second-order valence-electron chi connectivity index (χ2n) is 7.26. The Morgan fingerprint density at radius 3 is 1.68 bits per heavy atom. The molecular formula is C25H23ClN2O2Sn. The van der Waals surface area contributed by atoms with E-state index < -0.39 is 24.8 Å². The van der Waals surface area contributed by atoms with Crippen LogP contribution in [0.15, 0.2) is 91.0 Å². The van der Waals surface area contributed by atoms with Crippen molar-refractivity contribution >= 4 is 47.1 Å². The summed E-state index contributed by atoms with van der Waals surface area (Å²) in [5.41, 5.74) is 1.00. The summed E-state index contributed by atoms with van der Waals surface area (Å²) in [4.78, 5) is 13.7. The third-order valence-corrected chi connectivity index (χ3v) is 17.0. The summed E-state index contributed by atoms with van der Waals surface area (Å²) in [5.74, 6) is -0.415. The Hall–Kier alpha value is -2.57. The van der Waals surface area contributed by atoms with Crippen molar-refractivity contribution in [2.75, 3.05) is 0 Å². The van der Waals surface area contributed by atoms with Crippen molar-refractivity contribution < 1.29 is 7.87 Å². The number of carbonyl (C=O) groups is 1. The molecule has 0 aliphatic carbocycles. The van der Waals surface area contributed by atoms with Gasteiger partial charge in [-0.1, -0.05) is 0 Å². The zero-order valence-corrected chi connectivity index (χ0v) is 21.1. The molecule has 156 valence electrons. The molecule has 1 heterocycles. The van der Waals surface area contributed by atoms with E-state index in [0.29, 0.717) is 22.8 Å². The summed E-state index contributed by atoms with van der Waals surface area (Å²) >= 11 is 2.28. The number of carbonyl (C=O) groups excluding carboxylic acids is 1. The van der Waals surface area contributed by atoms with Crippen molar-refractivity contribution in [3.63, 3.8) is 0 Å². The van der Waals surface area contributed by atoms with Crippen molar-refractivity contribution in [3.8, 4) is 0 Å². The number of hydrogen-bond acceptors (Lipinski definition) is 3. The number of halogens is 1. The van der Waals surface area contributed by atoms with E-state index in [1.54, 1.807) is 7.05 Å². The van der Waals surface area contributed by atoms with Crippen LogP contribution < -0.4 is 10.7 Å². The first-order valence-electron chi connectivity index (χ1n) is 10.2. The predicted molar refractivity (Wildman–Crippen MR) is 127 cm³/mol. The van der Waals surface area contributed by atoms with Gasteiger partial charge in [-0.3, -0.25) is 0 Å². The molecule has 4 aromatic rings. The van der Waals surface area contributed by atoms with E-state index in [1.807, 2.05) is 61.5 Å². The van der Waals surface area contributed by atoms with E-state index >= 15 is 0 Å². The first-order valence-corrected chi connectivity index (χ1v) is 16.0. The average Bonchev–Trinajstić information content (AvgIpc) is 3.12. The Kier molecular flexibility index (Phi) is 6.48. The van der Waals surface area contributed by atoms with Gasteiger partial charge in [0.25, 0.3) is 0 Å². The molecule has 0 unspecified atom stereocenters. The summed E-state index contributed by atoms with van der Waals surface area (Å²) in [6.45, 7) is 1.96. The second-order valence-corrected chi connectivity index (χ2v) is 17.0. The molecule has 0 aliphatic heterocycles. The Bertz CT molecular complexity index is 1080. The molecule has 4 rings (SSSR count). The van der Waals surface area contributed by atoms with Crippen LogP contribution in [0.4, 0.5) is 0 Å². The molecule has 31 heavy (non-hydrogen) atoms. The van der Waals surface area contributed by atoms with Crippen LogP contribution in [-0.2, 0) is 16.5 Å². The van der Waals surface area contributed by atoms with E-state index in [1.165, 1.54) is 4.68 Å². The van der Waals surface area contributed by atoms with Gasteiger partial charge in [0.15, 0.2) is 0 Å². The topological polar surface area (TPSA) is 44.1 Å². The van der Waals surface area contributed by atoms with Crippen LogP contribution in [0.2, 0.25) is 5.15 Å². The standard InChI is InChI=1S/C7H9ClN2O2.3C6H5.Sn/c1-3-4-5(7(11)12)6(8)10(2)9-4;3*1-2-4-6-5-3-1;/h3H2,1-2H3,(H,11,12);3*1-5H;/q;;;;+1/p-1. The average molecular weight is 538 g/mol. The van der Waals surface area contributed by atoms with Gasteiger partial charge in [-0.15, -0.1) is 0 Å². The normalized spacial score (nSPS) is 11.3. The van der Waals surface area contributed by atoms with Crippen LogP contribution >= 0.6 is 11.6 Å². The number of aryl methyl sites for hydroxylation is 2.